The van der Waals surface area contributed by atoms with Crippen LogP contribution in [-0.4, -0.2) is 32.6 Å². The molecule has 3 aliphatic rings. The van der Waals surface area contributed by atoms with E-state index in [1.807, 2.05) is 0 Å². The van der Waals surface area contributed by atoms with Crippen molar-refractivity contribution in [1.82, 2.24) is 0 Å². The first-order chi connectivity index (χ1) is 16.7. The highest BCUT2D eigenvalue weighted by atomic mass is 16.3. The van der Waals surface area contributed by atoms with E-state index in [1.165, 1.54) is 44.1 Å². The zero-order valence-corrected chi connectivity index (χ0v) is 24.7. The summed E-state index contributed by atoms with van der Waals surface area (Å²) in [5.74, 6) is 2.28. The average Bonchev–Trinajstić information content (AvgIpc) is 3.16. The number of hydrogen-bond donors (Lipinski definition) is 3. The molecule has 5 unspecified atom stereocenters. The van der Waals surface area contributed by atoms with Crippen LogP contribution in [0.25, 0.3) is 0 Å². The Bertz CT molecular complexity index is 760. The molecule has 0 amide bonds. The third-order valence-corrected chi connectivity index (χ3v) is 9.57. The lowest BCUT2D eigenvalue weighted by Gasteiger charge is -2.44. The highest BCUT2D eigenvalue weighted by Crippen LogP contribution is 2.60. The van der Waals surface area contributed by atoms with Gasteiger partial charge in [0.25, 0.3) is 0 Å². The van der Waals surface area contributed by atoms with E-state index < -0.39 is 11.2 Å². The molecule has 3 fully saturated rings. The van der Waals surface area contributed by atoms with Gasteiger partial charge < -0.3 is 15.3 Å². The number of aliphatic hydroxyl groups excluding tert-OH is 1. The Labute approximate surface area is 230 Å². The van der Waals surface area contributed by atoms with Gasteiger partial charge in [-0.2, -0.15) is 0 Å². The standard InChI is InChI=1S/C29H48O2.C4H10O.CH4/c1-6-29(31,7-2)19-8-10-21(3)25-16-17-26-24(11-9-18-28(25,26)5)15-14-23-13-12-22(4)27(30)20-23;1-4(2,3)5;/h14-15,21,25-27,30-31H,4,6-13,16-20H2,1-3,5H3;5H,1-3H3;1H4/b23-14-,24-15+;;. The van der Waals surface area contributed by atoms with Gasteiger partial charge in [0.2, 0.25) is 0 Å². The molecule has 37 heavy (non-hydrogen) atoms. The van der Waals surface area contributed by atoms with Gasteiger partial charge in [0.15, 0.2) is 0 Å². The molecule has 3 rings (SSSR count). The Hall–Kier alpha value is -0.900. The first-order valence-corrected chi connectivity index (χ1v) is 14.9. The maximum absolute atomic E-state index is 10.6. The van der Waals surface area contributed by atoms with Crippen molar-refractivity contribution in [2.75, 3.05) is 0 Å². The molecule has 0 spiro atoms. The molecular weight excluding hydrogens is 456 g/mol. The SMILES string of the molecule is C.C=C1CC/C(=C/C=C2\CCCC3(C)C2CCC3C(C)CCCC(O)(CC)CC)CC1O.CC(C)(C)O. The highest BCUT2D eigenvalue weighted by molar-refractivity contribution is 5.28. The lowest BCUT2D eigenvalue weighted by molar-refractivity contribution is 0.0178. The summed E-state index contributed by atoms with van der Waals surface area (Å²) in [4.78, 5) is 0. The van der Waals surface area contributed by atoms with Crippen LogP contribution in [0.4, 0.5) is 0 Å². The summed E-state index contributed by atoms with van der Waals surface area (Å²) in [6, 6.07) is 0. The summed E-state index contributed by atoms with van der Waals surface area (Å²) in [5, 5.41) is 29.3. The minimum absolute atomic E-state index is 0. The van der Waals surface area contributed by atoms with Crippen LogP contribution in [0.1, 0.15) is 139 Å². The second-order valence-corrected chi connectivity index (χ2v) is 13.5. The lowest BCUT2D eigenvalue weighted by Crippen LogP contribution is -2.36. The van der Waals surface area contributed by atoms with Crippen LogP contribution in [0.5, 0.6) is 0 Å². The van der Waals surface area contributed by atoms with Crippen LogP contribution in [0.3, 0.4) is 0 Å². The zero-order valence-electron chi connectivity index (χ0n) is 24.7. The molecule has 0 saturated heterocycles. The first kappa shape index (κ1) is 34.1. The van der Waals surface area contributed by atoms with Gasteiger partial charge in [0.05, 0.1) is 17.3 Å². The minimum Gasteiger partial charge on any atom is -0.391 e. The minimum atomic E-state index is -0.500. The molecule has 0 aromatic carbocycles. The van der Waals surface area contributed by atoms with Crippen molar-refractivity contribution in [3.8, 4) is 0 Å². The quantitative estimate of drug-likeness (QED) is 0.281. The van der Waals surface area contributed by atoms with Gasteiger partial charge >= 0.3 is 0 Å². The third kappa shape index (κ3) is 9.97. The Morgan fingerprint density at radius 1 is 1.05 bits per heavy atom. The molecular formula is C34H62O3. The van der Waals surface area contributed by atoms with Crippen LogP contribution < -0.4 is 0 Å². The van der Waals surface area contributed by atoms with Crippen molar-refractivity contribution in [3.63, 3.8) is 0 Å². The molecule has 3 aliphatic carbocycles. The van der Waals surface area contributed by atoms with E-state index >= 15 is 0 Å². The fourth-order valence-corrected chi connectivity index (χ4v) is 7.13. The molecule has 3 nitrogen and oxygen atoms in total. The molecule has 0 aliphatic heterocycles. The van der Waals surface area contributed by atoms with Gasteiger partial charge in [-0.05, 0) is 120 Å². The number of allylic oxidation sites excluding steroid dienone is 3. The summed E-state index contributed by atoms with van der Waals surface area (Å²) >= 11 is 0. The predicted molar refractivity (Wildman–Crippen MR) is 161 cm³/mol. The van der Waals surface area contributed by atoms with E-state index in [9.17, 15) is 10.2 Å². The Balaban J connectivity index is 0.00000104. The zero-order chi connectivity index (χ0) is 27.1. The second kappa shape index (κ2) is 14.5. The van der Waals surface area contributed by atoms with Crippen LogP contribution in [-0.2, 0) is 0 Å². The molecule has 0 heterocycles. The van der Waals surface area contributed by atoms with Gasteiger partial charge in [-0.3, -0.25) is 0 Å². The van der Waals surface area contributed by atoms with Crippen molar-refractivity contribution in [1.29, 1.82) is 0 Å². The molecule has 3 saturated carbocycles. The summed E-state index contributed by atoms with van der Waals surface area (Å²) in [7, 11) is 0. The predicted octanol–water partition coefficient (Wildman–Crippen LogP) is 8.93. The summed E-state index contributed by atoms with van der Waals surface area (Å²) in [6.07, 6.45) is 18.9. The van der Waals surface area contributed by atoms with Crippen LogP contribution in [0, 0.1) is 23.2 Å². The van der Waals surface area contributed by atoms with Crippen LogP contribution >= 0.6 is 0 Å². The molecule has 216 valence electrons. The van der Waals surface area contributed by atoms with Crippen molar-refractivity contribution in [3.05, 3.63) is 35.5 Å². The van der Waals surface area contributed by atoms with E-state index in [-0.39, 0.29) is 13.5 Å². The van der Waals surface area contributed by atoms with Gasteiger partial charge in [0.1, 0.15) is 0 Å². The molecule has 3 N–H and O–H groups in total. The highest BCUT2D eigenvalue weighted by Gasteiger charge is 2.50. The Morgan fingerprint density at radius 2 is 1.68 bits per heavy atom. The summed E-state index contributed by atoms with van der Waals surface area (Å²) < 4.78 is 0. The number of aliphatic hydroxyl groups is 3. The van der Waals surface area contributed by atoms with Crippen molar-refractivity contribution < 1.29 is 15.3 Å². The van der Waals surface area contributed by atoms with E-state index in [0.717, 1.165) is 68.3 Å². The molecule has 0 radical (unpaired) electrons. The Morgan fingerprint density at radius 3 is 2.24 bits per heavy atom. The molecule has 0 bridgehead atoms. The topological polar surface area (TPSA) is 60.7 Å². The van der Waals surface area contributed by atoms with Crippen LogP contribution in [0.15, 0.2) is 35.5 Å². The first-order valence-electron chi connectivity index (χ1n) is 14.9. The van der Waals surface area contributed by atoms with Crippen molar-refractivity contribution in [2.24, 2.45) is 23.2 Å². The van der Waals surface area contributed by atoms with Gasteiger partial charge in [-0.25, -0.2) is 0 Å². The summed E-state index contributed by atoms with van der Waals surface area (Å²) in [5.41, 5.74) is 3.55. The van der Waals surface area contributed by atoms with E-state index in [2.05, 4.69) is 46.4 Å². The number of rotatable bonds is 8. The van der Waals surface area contributed by atoms with Crippen molar-refractivity contribution in [2.45, 2.75) is 157 Å². The maximum Gasteiger partial charge on any atom is 0.0784 e. The maximum atomic E-state index is 10.6. The third-order valence-electron chi connectivity index (χ3n) is 9.57. The van der Waals surface area contributed by atoms with Gasteiger partial charge in [-0.15, -0.1) is 0 Å². The Kier molecular flexibility index (Phi) is 13.4. The molecule has 0 aromatic heterocycles. The fraction of sp³-hybridized carbons (Fsp3) is 0.824. The number of fused-ring (bicyclic) bond motifs is 1. The van der Waals surface area contributed by atoms with Crippen molar-refractivity contribution >= 4 is 0 Å². The largest absolute Gasteiger partial charge is 0.391 e. The normalized spacial score (nSPS) is 31.4. The summed E-state index contributed by atoms with van der Waals surface area (Å²) in [6.45, 7) is 18.5. The average molecular weight is 519 g/mol. The van der Waals surface area contributed by atoms with E-state index in [4.69, 9.17) is 5.11 Å². The smallest absolute Gasteiger partial charge is 0.0784 e. The molecule has 0 aromatic rings. The van der Waals surface area contributed by atoms with Gasteiger partial charge in [0, 0.05) is 0 Å². The van der Waals surface area contributed by atoms with Crippen LogP contribution in [0.2, 0.25) is 0 Å². The molecule has 5 atom stereocenters. The number of hydrogen-bond acceptors (Lipinski definition) is 3. The van der Waals surface area contributed by atoms with Gasteiger partial charge in [-0.1, -0.05) is 77.8 Å². The van der Waals surface area contributed by atoms with E-state index in [0.29, 0.717) is 5.41 Å². The fourth-order valence-electron chi connectivity index (χ4n) is 7.13. The lowest BCUT2D eigenvalue weighted by atomic mass is 9.60. The van der Waals surface area contributed by atoms with E-state index in [1.54, 1.807) is 26.3 Å². The monoisotopic (exact) mass is 518 g/mol. The second-order valence-electron chi connectivity index (χ2n) is 13.5. The molecule has 3 heteroatoms.